The first-order valence-corrected chi connectivity index (χ1v) is 7.33. The van der Waals surface area contributed by atoms with E-state index in [4.69, 9.17) is 4.74 Å². The van der Waals surface area contributed by atoms with Gasteiger partial charge in [-0.05, 0) is 24.6 Å². The standard InChI is InChI=1S/C15H17NO2S/c1-11(18-2)15(17)10-19-9-12-7-13-5-3-4-6-14(13)16-8-12/h3-8,11H,9-10H2,1-2H3. The molecule has 0 aliphatic carbocycles. The van der Waals surface area contributed by atoms with Crippen LogP contribution in [0.25, 0.3) is 10.9 Å². The number of pyridine rings is 1. The van der Waals surface area contributed by atoms with Crippen LogP contribution in [-0.4, -0.2) is 29.7 Å². The van der Waals surface area contributed by atoms with Crippen LogP contribution in [0.4, 0.5) is 0 Å². The third-order valence-corrected chi connectivity index (χ3v) is 3.99. The fourth-order valence-corrected chi connectivity index (χ4v) is 2.65. The summed E-state index contributed by atoms with van der Waals surface area (Å²) in [5, 5.41) is 1.14. The highest BCUT2D eigenvalue weighted by Gasteiger charge is 2.11. The van der Waals surface area contributed by atoms with Gasteiger partial charge in [-0.25, -0.2) is 0 Å². The predicted octanol–water partition coefficient (Wildman–Crippen LogP) is 3.07. The molecule has 0 saturated carbocycles. The molecule has 2 aromatic rings. The molecule has 0 bridgehead atoms. The van der Waals surface area contributed by atoms with Gasteiger partial charge in [-0.15, -0.1) is 11.8 Å². The molecule has 0 aliphatic rings. The molecule has 1 unspecified atom stereocenters. The Bertz CT molecular complexity index is 571. The van der Waals surface area contributed by atoms with Crippen molar-refractivity contribution in [3.8, 4) is 0 Å². The molecule has 3 nitrogen and oxygen atoms in total. The molecule has 1 aromatic heterocycles. The van der Waals surface area contributed by atoms with E-state index in [1.165, 1.54) is 0 Å². The summed E-state index contributed by atoms with van der Waals surface area (Å²) in [6.07, 6.45) is 1.56. The minimum atomic E-state index is -0.317. The highest BCUT2D eigenvalue weighted by Crippen LogP contribution is 2.17. The third-order valence-electron chi connectivity index (χ3n) is 2.97. The van der Waals surface area contributed by atoms with Gasteiger partial charge in [0.1, 0.15) is 6.10 Å². The number of thioether (sulfide) groups is 1. The Morgan fingerprint density at radius 2 is 2.21 bits per heavy atom. The molecule has 100 valence electrons. The maximum atomic E-state index is 11.6. The molecule has 1 heterocycles. The second-order valence-electron chi connectivity index (χ2n) is 4.37. The summed E-state index contributed by atoms with van der Waals surface area (Å²) in [4.78, 5) is 16.0. The first kappa shape index (κ1) is 14.0. The zero-order valence-corrected chi connectivity index (χ0v) is 11.9. The van der Waals surface area contributed by atoms with Crippen molar-refractivity contribution in [3.63, 3.8) is 0 Å². The molecule has 1 atom stereocenters. The normalized spacial score (nSPS) is 12.5. The van der Waals surface area contributed by atoms with Gasteiger partial charge in [0.2, 0.25) is 0 Å². The van der Waals surface area contributed by atoms with Crippen molar-refractivity contribution in [1.82, 2.24) is 4.98 Å². The predicted molar refractivity (Wildman–Crippen MR) is 79.4 cm³/mol. The van der Waals surface area contributed by atoms with Crippen molar-refractivity contribution >= 4 is 28.4 Å². The number of fused-ring (bicyclic) bond motifs is 1. The molecule has 1 aromatic carbocycles. The Morgan fingerprint density at radius 3 is 3.00 bits per heavy atom. The van der Waals surface area contributed by atoms with E-state index in [2.05, 4.69) is 17.1 Å². The monoisotopic (exact) mass is 275 g/mol. The Labute approximate surface area is 117 Å². The quantitative estimate of drug-likeness (QED) is 0.812. The van der Waals surface area contributed by atoms with Crippen LogP contribution in [0.2, 0.25) is 0 Å². The summed E-state index contributed by atoms with van der Waals surface area (Å²) >= 11 is 1.60. The van der Waals surface area contributed by atoms with E-state index >= 15 is 0 Å². The van der Waals surface area contributed by atoms with Crippen molar-refractivity contribution < 1.29 is 9.53 Å². The summed E-state index contributed by atoms with van der Waals surface area (Å²) in [5.41, 5.74) is 2.14. The number of hydrogen-bond donors (Lipinski definition) is 0. The Kier molecular flexibility index (Phi) is 4.93. The lowest BCUT2D eigenvalue weighted by molar-refractivity contribution is -0.125. The van der Waals surface area contributed by atoms with Crippen molar-refractivity contribution in [1.29, 1.82) is 0 Å². The number of ketones is 1. The second-order valence-corrected chi connectivity index (χ2v) is 5.36. The van der Waals surface area contributed by atoms with Crippen LogP contribution < -0.4 is 0 Å². The molecule has 19 heavy (non-hydrogen) atoms. The van der Waals surface area contributed by atoms with Crippen molar-refractivity contribution in [3.05, 3.63) is 42.1 Å². The number of rotatable bonds is 6. The van der Waals surface area contributed by atoms with Crippen molar-refractivity contribution in [2.75, 3.05) is 12.9 Å². The SMILES string of the molecule is COC(C)C(=O)CSCc1cnc2ccccc2c1. The van der Waals surface area contributed by atoms with Crippen LogP contribution >= 0.6 is 11.8 Å². The lowest BCUT2D eigenvalue weighted by Crippen LogP contribution is -2.20. The van der Waals surface area contributed by atoms with E-state index in [0.29, 0.717) is 5.75 Å². The van der Waals surface area contributed by atoms with Crippen LogP contribution in [0.15, 0.2) is 36.5 Å². The molecule has 0 aliphatic heterocycles. The number of methoxy groups -OCH3 is 1. The number of benzene rings is 1. The molecule has 0 amide bonds. The van der Waals surface area contributed by atoms with Gasteiger partial charge in [-0.3, -0.25) is 9.78 Å². The molecule has 4 heteroatoms. The van der Waals surface area contributed by atoms with Gasteiger partial charge in [-0.1, -0.05) is 18.2 Å². The molecule has 0 spiro atoms. The molecule has 0 fully saturated rings. The van der Waals surface area contributed by atoms with Crippen LogP contribution in [0.5, 0.6) is 0 Å². The number of nitrogens with zero attached hydrogens (tertiary/aromatic N) is 1. The van der Waals surface area contributed by atoms with E-state index in [0.717, 1.165) is 22.2 Å². The molecule has 2 rings (SSSR count). The van der Waals surface area contributed by atoms with Crippen LogP contribution in [0.3, 0.4) is 0 Å². The van der Waals surface area contributed by atoms with E-state index in [1.54, 1.807) is 25.8 Å². The smallest absolute Gasteiger partial charge is 0.171 e. The highest BCUT2D eigenvalue weighted by atomic mass is 32.2. The van der Waals surface area contributed by atoms with Gasteiger partial charge in [0, 0.05) is 24.4 Å². The lowest BCUT2D eigenvalue weighted by Gasteiger charge is -2.08. The van der Waals surface area contributed by atoms with Crippen molar-refractivity contribution in [2.24, 2.45) is 0 Å². The number of para-hydroxylation sites is 1. The topological polar surface area (TPSA) is 39.2 Å². The summed E-state index contributed by atoms with van der Waals surface area (Å²) in [6, 6.07) is 10.2. The van der Waals surface area contributed by atoms with Crippen molar-refractivity contribution in [2.45, 2.75) is 18.8 Å². The number of carbonyl (C=O) groups is 1. The molecular weight excluding hydrogens is 258 g/mol. The molecular formula is C15H17NO2S. The number of Topliss-reactive ketones (excluding diaryl/α,β-unsaturated/α-hetero) is 1. The first-order chi connectivity index (χ1) is 9.20. The van der Waals surface area contributed by atoms with Gasteiger partial charge in [0.05, 0.1) is 11.3 Å². The van der Waals surface area contributed by atoms with Crippen LogP contribution in [0.1, 0.15) is 12.5 Å². The Hall–Kier alpha value is -1.39. The average Bonchev–Trinajstić information content (AvgIpc) is 2.46. The van der Waals surface area contributed by atoms with Gasteiger partial charge in [-0.2, -0.15) is 0 Å². The van der Waals surface area contributed by atoms with Gasteiger partial charge >= 0.3 is 0 Å². The van der Waals surface area contributed by atoms with Gasteiger partial charge in [0.15, 0.2) is 5.78 Å². The minimum Gasteiger partial charge on any atom is -0.374 e. The summed E-state index contributed by atoms with van der Waals surface area (Å²) < 4.78 is 5.00. The van der Waals surface area contributed by atoms with Gasteiger partial charge < -0.3 is 4.74 Å². The van der Waals surface area contributed by atoms with E-state index in [1.807, 2.05) is 24.4 Å². The maximum absolute atomic E-state index is 11.6. The van der Waals surface area contributed by atoms with E-state index in [-0.39, 0.29) is 11.9 Å². The van der Waals surface area contributed by atoms with E-state index in [9.17, 15) is 4.79 Å². The van der Waals surface area contributed by atoms with Gasteiger partial charge in [0.25, 0.3) is 0 Å². The number of ether oxygens (including phenoxy) is 1. The zero-order chi connectivity index (χ0) is 13.7. The first-order valence-electron chi connectivity index (χ1n) is 6.17. The minimum absolute atomic E-state index is 0.126. The summed E-state index contributed by atoms with van der Waals surface area (Å²) in [7, 11) is 1.56. The lowest BCUT2D eigenvalue weighted by atomic mass is 10.2. The number of hydrogen-bond acceptors (Lipinski definition) is 4. The Balaban J connectivity index is 1.93. The van der Waals surface area contributed by atoms with Crippen LogP contribution in [0, 0.1) is 0 Å². The fraction of sp³-hybridized carbons (Fsp3) is 0.333. The Morgan fingerprint density at radius 1 is 1.42 bits per heavy atom. The summed E-state index contributed by atoms with van der Waals surface area (Å²) in [6.45, 7) is 1.78. The fourth-order valence-electron chi connectivity index (χ4n) is 1.71. The largest absolute Gasteiger partial charge is 0.374 e. The summed E-state index contributed by atoms with van der Waals surface area (Å²) in [5.74, 6) is 1.39. The maximum Gasteiger partial charge on any atom is 0.171 e. The number of aromatic nitrogens is 1. The van der Waals surface area contributed by atoms with E-state index < -0.39 is 0 Å². The molecule has 0 N–H and O–H groups in total. The zero-order valence-electron chi connectivity index (χ0n) is 11.1. The molecule has 0 saturated heterocycles. The molecule has 0 radical (unpaired) electrons. The second kappa shape index (κ2) is 6.68. The average molecular weight is 275 g/mol. The van der Waals surface area contributed by atoms with Crippen LogP contribution in [-0.2, 0) is 15.3 Å². The number of carbonyl (C=O) groups excluding carboxylic acids is 1. The third kappa shape index (κ3) is 3.78. The highest BCUT2D eigenvalue weighted by molar-refractivity contribution is 7.99.